The molecule has 1 aromatic carbocycles. The van der Waals surface area contributed by atoms with E-state index in [0.29, 0.717) is 6.04 Å². The molecule has 0 amide bonds. The maximum absolute atomic E-state index is 6.02. The lowest BCUT2D eigenvalue weighted by Gasteiger charge is -2.33. The van der Waals surface area contributed by atoms with Crippen molar-refractivity contribution >= 4 is 27.3 Å². The van der Waals surface area contributed by atoms with E-state index >= 15 is 0 Å². The highest BCUT2D eigenvalue weighted by Gasteiger charge is 2.22. The summed E-state index contributed by atoms with van der Waals surface area (Å²) in [6, 6.07) is 6.50. The van der Waals surface area contributed by atoms with E-state index in [1.807, 2.05) is 18.2 Å². The second kappa shape index (κ2) is 5.93. The molecular weight excluding hydrogens is 290 g/mol. The molecule has 1 aliphatic rings. The van der Waals surface area contributed by atoms with Gasteiger partial charge in [0.1, 0.15) is 0 Å². The van der Waals surface area contributed by atoms with Crippen molar-refractivity contribution in [3.63, 3.8) is 0 Å². The van der Waals surface area contributed by atoms with Gasteiger partial charge in [0.15, 0.2) is 0 Å². The number of rotatable bonds is 3. The van der Waals surface area contributed by atoms with Crippen LogP contribution in [0.2, 0.25) is 0 Å². The fourth-order valence-electron chi connectivity index (χ4n) is 2.56. The van der Waals surface area contributed by atoms with E-state index in [1.54, 1.807) is 0 Å². The van der Waals surface area contributed by atoms with Crippen molar-refractivity contribution in [3.8, 4) is 0 Å². The molecule has 1 saturated heterocycles. The largest absolute Gasteiger partial charge is 0.397 e. The van der Waals surface area contributed by atoms with Gasteiger partial charge < -0.3 is 16.0 Å². The van der Waals surface area contributed by atoms with Crippen molar-refractivity contribution in [1.29, 1.82) is 0 Å². The van der Waals surface area contributed by atoms with Gasteiger partial charge in [-0.3, -0.25) is 0 Å². The van der Waals surface area contributed by atoms with Crippen LogP contribution >= 0.6 is 15.9 Å². The fourth-order valence-corrected chi connectivity index (χ4v) is 2.94. The predicted molar refractivity (Wildman–Crippen MR) is 81.9 cm³/mol. The number of nitrogens with zero attached hydrogens (tertiary/aromatic N) is 1. The number of nitrogens with two attached hydrogens (primary N) is 1. The van der Waals surface area contributed by atoms with Crippen molar-refractivity contribution in [3.05, 3.63) is 22.7 Å². The average molecular weight is 312 g/mol. The summed E-state index contributed by atoms with van der Waals surface area (Å²) in [6.07, 6.45) is 2.53. The summed E-state index contributed by atoms with van der Waals surface area (Å²) >= 11 is 3.43. The topological polar surface area (TPSA) is 41.3 Å². The summed E-state index contributed by atoms with van der Waals surface area (Å²) in [5.74, 6) is 0.740. The van der Waals surface area contributed by atoms with Gasteiger partial charge in [0.25, 0.3) is 0 Å². The molecule has 2 rings (SSSR count). The van der Waals surface area contributed by atoms with Crippen molar-refractivity contribution in [2.24, 2.45) is 5.92 Å². The Hall–Kier alpha value is -0.740. The molecule has 3 nitrogen and oxygen atoms in total. The molecule has 1 unspecified atom stereocenters. The molecule has 0 radical (unpaired) electrons. The maximum atomic E-state index is 6.02. The van der Waals surface area contributed by atoms with Crippen LogP contribution in [0.25, 0.3) is 0 Å². The fraction of sp³-hybridized carbons (Fsp3) is 0.571. The Labute approximate surface area is 118 Å². The molecule has 100 valence electrons. The molecule has 1 fully saturated rings. The first-order valence-electron chi connectivity index (χ1n) is 6.56. The normalized spacial score (nSPS) is 19.7. The van der Waals surface area contributed by atoms with Crippen LogP contribution in [0.4, 0.5) is 11.4 Å². The van der Waals surface area contributed by atoms with Gasteiger partial charge in [-0.05, 0) is 64.0 Å². The van der Waals surface area contributed by atoms with Crippen LogP contribution in [0, 0.1) is 5.92 Å². The number of likely N-dealkylation sites (tertiary alicyclic amines) is 1. The number of benzene rings is 1. The highest BCUT2D eigenvalue weighted by molar-refractivity contribution is 9.10. The van der Waals surface area contributed by atoms with Crippen molar-refractivity contribution in [1.82, 2.24) is 4.90 Å². The molecule has 0 spiro atoms. The zero-order valence-electron chi connectivity index (χ0n) is 11.1. The molecule has 18 heavy (non-hydrogen) atoms. The number of nitrogens with one attached hydrogen (secondary N) is 1. The van der Waals surface area contributed by atoms with Gasteiger partial charge in [0.05, 0.1) is 11.4 Å². The van der Waals surface area contributed by atoms with Gasteiger partial charge in [0, 0.05) is 10.5 Å². The Morgan fingerprint density at radius 2 is 2.06 bits per heavy atom. The Balaban J connectivity index is 1.96. The molecule has 1 atom stereocenters. The number of nitrogen functional groups attached to an aromatic ring is 1. The number of hydrogen-bond acceptors (Lipinski definition) is 3. The summed E-state index contributed by atoms with van der Waals surface area (Å²) in [5, 5.41) is 3.56. The lowest BCUT2D eigenvalue weighted by Crippen LogP contribution is -2.37. The smallest absolute Gasteiger partial charge is 0.0576 e. The summed E-state index contributed by atoms with van der Waals surface area (Å²) in [7, 11) is 2.20. The number of hydrogen-bond donors (Lipinski definition) is 2. The summed E-state index contributed by atoms with van der Waals surface area (Å²) in [4.78, 5) is 2.40. The van der Waals surface area contributed by atoms with Gasteiger partial charge >= 0.3 is 0 Å². The van der Waals surface area contributed by atoms with E-state index in [2.05, 4.69) is 40.1 Å². The second-order valence-corrected chi connectivity index (χ2v) is 6.22. The third-order valence-corrected chi connectivity index (χ3v) is 4.36. The van der Waals surface area contributed by atoms with Crippen LogP contribution in [-0.2, 0) is 0 Å². The van der Waals surface area contributed by atoms with Gasteiger partial charge in [-0.2, -0.15) is 0 Å². The van der Waals surface area contributed by atoms with Crippen LogP contribution in [0.15, 0.2) is 22.7 Å². The molecule has 1 heterocycles. The van der Waals surface area contributed by atoms with Crippen LogP contribution in [0.3, 0.4) is 0 Å². The zero-order valence-corrected chi connectivity index (χ0v) is 12.7. The van der Waals surface area contributed by atoms with Crippen LogP contribution in [0.1, 0.15) is 19.8 Å². The Morgan fingerprint density at radius 3 is 2.67 bits per heavy atom. The molecule has 1 aromatic rings. The Morgan fingerprint density at radius 1 is 1.39 bits per heavy atom. The van der Waals surface area contributed by atoms with E-state index < -0.39 is 0 Å². The van der Waals surface area contributed by atoms with Crippen LogP contribution in [0.5, 0.6) is 0 Å². The zero-order chi connectivity index (χ0) is 13.1. The van der Waals surface area contributed by atoms with E-state index in [1.165, 1.54) is 25.9 Å². The molecule has 0 aromatic heterocycles. The van der Waals surface area contributed by atoms with Crippen molar-refractivity contribution in [2.75, 3.05) is 31.2 Å². The summed E-state index contributed by atoms with van der Waals surface area (Å²) in [5.41, 5.74) is 7.88. The van der Waals surface area contributed by atoms with Crippen LogP contribution in [-0.4, -0.2) is 31.1 Å². The van der Waals surface area contributed by atoms with Gasteiger partial charge in [-0.15, -0.1) is 0 Å². The molecule has 0 saturated carbocycles. The molecule has 0 bridgehead atoms. The predicted octanol–water partition coefficient (Wildman–Crippen LogP) is 3.17. The first kappa shape index (κ1) is 13.7. The van der Waals surface area contributed by atoms with E-state index in [-0.39, 0.29) is 0 Å². The van der Waals surface area contributed by atoms with E-state index in [4.69, 9.17) is 5.73 Å². The van der Waals surface area contributed by atoms with Gasteiger partial charge in [0.2, 0.25) is 0 Å². The maximum Gasteiger partial charge on any atom is 0.0576 e. The van der Waals surface area contributed by atoms with Crippen LogP contribution < -0.4 is 11.1 Å². The third-order valence-electron chi connectivity index (χ3n) is 3.87. The minimum atomic E-state index is 0.474. The second-order valence-electron chi connectivity index (χ2n) is 5.31. The van der Waals surface area contributed by atoms with Gasteiger partial charge in [-0.1, -0.05) is 15.9 Å². The highest BCUT2D eigenvalue weighted by atomic mass is 79.9. The lowest BCUT2D eigenvalue weighted by atomic mass is 9.90. The summed E-state index contributed by atoms with van der Waals surface area (Å²) < 4.78 is 1.03. The SMILES string of the molecule is CC(Nc1ccc(Br)cc1N)C1CCN(C)CC1. The van der Waals surface area contributed by atoms with E-state index in [0.717, 1.165) is 21.8 Å². The molecule has 3 N–H and O–H groups in total. The first-order chi connectivity index (χ1) is 8.56. The molecule has 1 aliphatic heterocycles. The van der Waals surface area contributed by atoms with Crippen molar-refractivity contribution in [2.45, 2.75) is 25.8 Å². The number of halogens is 1. The summed E-state index contributed by atoms with van der Waals surface area (Å²) in [6.45, 7) is 4.66. The average Bonchev–Trinajstić information content (AvgIpc) is 2.33. The Bertz CT molecular complexity index is 400. The molecule has 0 aliphatic carbocycles. The third kappa shape index (κ3) is 3.39. The van der Waals surface area contributed by atoms with E-state index in [9.17, 15) is 0 Å². The van der Waals surface area contributed by atoms with Crippen molar-refractivity contribution < 1.29 is 0 Å². The number of piperidine rings is 1. The quantitative estimate of drug-likeness (QED) is 0.842. The standard InChI is InChI=1S/C14H22BrN3/c1-10(11-5-7-18(2)8-6-11)17-14-4-3-12(15)9-13(14)16/h3-4,9-11,17H,5-8,16H2,1-2H3. The molecule has 4 heteroatoms. The number of anilines is 2. The minimum Gasteiger partial charge on any atom is -0.397 e. The molecular formula is C14H22BrN3. The highest BCUT2D eigenvalue weighted by Crippen LogP contribution is 2.27. The van der Waals surface area contributed by atoms with Gasteiger partial charge in [-0.25, -0.2) is 0 Å². The Kier molecular flexibility index (Phi) is 4.51. The minimum absolute atomic E-state index is 0.474. The first-order valence-corrected chi connectivity index (χ1v) is 7.35. The monoisotopic (exact) mass is 311 g/mol. The lowest BCUT2D eigenvalue weighted by molar-refractivity contribution is 0.208.